The van der Waals surface area contributed by atoms with Crippen LogP contribution in [0.2, 0.25) is 5.02 Å². The zero-order chi connectivity index (χ0) is 22.2. The summed E-state index contributed by atoms with van der Waals surface area (Å²) in [6.45, 7) is 2.08. The number of nitrogens with zero attached hydrogens (tertiary/aromatic N) is 3. The monoisotopic (exact) mass is 522 g/mol. The fourth-order valence-corrected chi connectivity index (χ4v) is 4.99. The van der Waals surface area contributed by atoms with E-state index in [1.807, 2.05) is 42.6 Å². The predicted octanol–water partition coefficient (Wildman–Crippen LogP) is 6.77. The molecule has 2 atom stereocenters. The Labute approximate surface area is 206 Å². The number of anilines is 1. The van der Waals surface area contributed by atoms with Crippen molar-refractivity contribution in [2.75, 3.05) is 4.90 Å². The summed E-state index contributed by atoms with van der Waals surface area (Å²) in [6, 6.07) is 24.1. The Kier molecular flexibility index (Phi) is 5.76. The van der Waals surface area contributed by atoms with Gasteiger partial charge in [-0.15, -0.1) is 0 Å². The van der Waals surface area contributed by atoms with Crippen LogP contribution in [-0.4, -0.2) is 14.7 Å². The lowest BCUT2D eigenvalue weighted by molar-refractivity contribution is 0.549. The van der Waals surface area contributed by atoms with Crippen molar-refractivity contribution in [1.29, 1.82) is 0 Å². The molecule has 0 saturated carbocycles. The summed E-state index contributed by atoms with van der Waals surface area (Å²) in [5.41, 5.74) is 5.22. The van der Waals surface area contributed by atoms with Crippen molar-refractivity contribution in [3.8, 4) is 5.69 Å². The second-order valence-electron chi connectivity index (χ2n) is 7.71. The van der Waals surface area contributed by atoms with E-state index >= 15 is 0 Å². The van der Waals surface area contributed by atoms with E-state index in [1.54, 1.807) is 0 Å². The van der Waals surface area contributed by atoms with Gasteiger partial charge in [-0.25, -0.2) is 0 Å². The standard InChI is InChI=1S/C25H20BrClN4S/c1-16-14-19(10-11-20(16)26)31-24(23(29-25(31)32)21-8-2-3-12-28-21)22-9-5-13-30(22)18-7-4-6-17(27)15-18/h2-15,23-24H,1H3,(H,29,32)/t23-,24-/m0/s1. The zero-order valence-corrected chi connectivity index (χ0v) is 20.4. The molecule has 0 amide bonds. The van der Waals surface area contributed by atoms with E-state index in [9.17, 15) is 0 Å². The molecule has 0 aliphatic carbocycles. The predicted molar refractivity (Wildman–Crippen MR) is 138 cm³/mol. The molecule has 5 rings (SSSR count). The number of aryl methyl sites for hydroxylation is 1. The highest BCUT2D eigenvalue weighted by Crippen LogP contribution is 2.42. The van der Waals surface area contributed by atoms with Crippen LogP contribution in [-0.2, 0) is 0 Å². The minimum absolute atomic E-state index is 0.105. The second-order valence-corrected chi connectivity index (χ2v) is 9.39. The first kappa shape index (κ1) is 21.2. The van der Waals surface area contributed by atoms with Gasteiger partial charge in [0.25, 0.3) is 0 Å². The quantitative estimate of drug-likeness (QED) is 0.299. The molecule has 32 heavy (non-hydrogen) atoms. The number of halogens is 2. The van der Waals surface area contributed by atoms with Gasteiger partial charge in [0, 0.05) is 39.0 Å². The summed E-state index contributed by atoms with van der Waals surface area (Å²) in [6.07, 6.45) is 3.88. The maximum atomic E-state index is 6.31. The number of hydrogen-bond acceptors (Lipinski definition) is 2. The Morgan fingerprint density at radius 2 is 1.88 bits per heavy atom. The van der Waals surface area contributed by atoms with E-state index in [1.165, 1.54) is 0 Å². The summed E-state index contributed by atoms with van der Waals surface area (Å²) < 4.78 is 3.24. The number of benzene rings is 2. The van der Waals surface area contributed by atoms with Gasteiger partial charge in [0.05, 0.1) is 11.7 Å². The van der Waals surface area contributed by atoms with Gasteiger partial charge in [0.2, 0.25) is 0 Å². The molecular formula is C25H20BrClN4S. The summed E-state index contributed by atoms with van der Waals surface area (Å²) >= 11 is 15.8. The summed E-state index contributed by atoms with van der Waals surface area (Å²) in [4.78, 5) is 6.83. The van der Waals surface area contributed by atoms with Crippen molar-refractivity contribution in [1.82, 2.24) is 14.9 Å². The van der Waals surface area contributed by atoms with Crippen molar-refractivity contribution in [3.05, 3.63) is 112 Å². The smallest absolute Gasteiger partial charge is 0.174 e. The molecule has 0 bridgehead atoms. The van der Waals surface area contributed by atoms with Crippen LogP contribution in [0.1, 0.15) is 29.0 Å². The van der Waals surface area contributed by atoms with E-state index in [0.29, 0.717) is 10.1 Å². The van der Waals surface area contributed by atoms with E-state index in [-0.39, 0.29) is 12.1 Å². The van der Waals surface area contributed by atoms with Crippen LogP contribution >= 0.6 is 39.7 Å². The van der Waals surface area contributed by atoms with Gasteiger partial charge in [-0.1, -0.05) is 39.7 Å². The highest BCUT2D eigenvalue weighted by Gasteiger charge is 2.42. The van der Waals surface area contributed by atoms with Crippen LogP contribution in [0.25, 0.3) is 5.69 Å². The molecule has 7 heteroatoms. The van der Waals surface area contributed by atoms with Crippen molar-refractivity contribution in [2.24, 2.45) is 0 Å². The average molecular weight is 524 g/mol. The van der Waals surface area contributed by atoms with Crippen LogP contribution in [0.4, 0.5) is 5.69 Å². The lowest BCUT2D eigenvalue weighted by atomic mass is 10.0. The number of hydrogen-bond donors (Lipinski definition) is 1. The molecular weight excluding hydrogens is 504 g/mol. The lowest BCUT2D eigenvalue weighted by Crippen LogP contribution is -2.30. The molecule has 1 saturated heterocycles. The van der Waals surface area contributed by atoms with E-state index in [0.717, 1.165) is 32.8 Å². The summed E-state index contributed by atoms with van der Waals surface area (Å²) in [7, 11) is 0. The third kappa shape index (κ3) is 3.83. The van der Waals surface area contributed by atoms with Crippen LogP contribution < -0.4 is 10.2 Å². The second kappa shape index (κ2) is 8.70. The Hall–Kier alpha value is -2.67. The normalized spacial score (nSPS) is 18.1. The third-order valence-electron chi connectivity index (χ3n) is 5.69. The van der Waals surface area contributed by atoms with Crippen LogP contribution in [0.3, 0.4) is 0 Å². The number of aromatic nitrogens is 2. The molecule has 0 radical (unpaired) electrons. The highest BCUT2D eigenvalue weighted by molar-refractivity contribution is 9.10. The van der Waals surface area contributed by atoms with Crippen molar-refractivity contribution >= 4 is 50.5 Å². The third-order valence-corrected chi connectivity index (χ3v) is 7.13. The van der Waals surface area contributed by atoms with Gasteiger partial charge in [0.15, 0.2) is 5.11 Å². The van der Waals surface area contributed by atoms with Gasteiger partial charge in [-0.05, 0) is 85.4 Å². The van der Waals surface area contributed by atoms with Crippen molar-refractivity contribution in [2.45, 2.75) is 19.0 Å². The first-order valence-corrected chi connectivity index (χ1v) is 11.8. The maximum absolute atomic E-state index is 6.31. The van der Waals surface area contributed by atoms with Crippen LogP contribution in [0.15, 0.2) is 89.7 Å². The fourth-order valence-electron chi connectivity index (χ4n) is 4.21. The average Bonchev–Trinajstić information content (AvgIpc) is 3.40. The molecule has 0 spiro atoms. The van der Waals surface area contributed by atoms with Gasteiger partial charge >= 0.3 is 0 Å². The SMILES string of the molecule is Cc1cc(N2C(=S)N[C@@H](c3ccccn3)[C@@H]2c2cccn2-c2cccc(Cl)c2)ccc1Br. The Morgan fingerprint density at radius 3 is 2.62 bits per heavy atom. The minimum Gasteiger partial charge on any atom is -0.351 e. The Balaban J connectivity index is 1.68. The van der Waals surface area contributed by atoms with Crippen molar-refractivity contribution in [3.63, 3.8) is 0 Å². The minimum atomic E-state index is -0.111. The number of thiocarbonyl (C=S) groups is 1. The first-order valence-electron chi connectivity index (χ1n) is 10.2. The van der Waals surface area contributed by atoms with Gasteiger partial charge in [-0.3, -0.25) is 4.98 Å². The fraction of sp³-hybridized carbons (Fsp3) is 0.120. The van der Waals surface area contributed by atoms with E-state index in [4.69, 9.17) is 23.8 Å². The molecule has 0 unspecified atom stereocenters. The maximum Gasteiger partial charge on any atom is 0.174 e. The van der Waals surface area contributed by atoms with Gasteiger partial charge < -0.3 is 14.8 Å². The molecule has 1 N–H and O–H groups in total. The van der Waals surface area contributed by atoms with Gasteiger partial charge in [-0.2, -0.15) is 0 Å². The first-order chi connectivity index (χ1) is 15.5. The molecule has 2 aromatic carbocycles. The van der Waals surface area contributed by atoms with Gasteiger partial charge in [0.1, 0.15) is 6.04 Å². The van der Waals surface area contributed by atoms with Crippen LogP contribution in [0, 0.1) is 6.92 Å². The molecule has 1 aliphatic heterocycles. The molecule has 3 heterocycles. The topological polar surface area (TPSA) is 33.1 Å². The van der Waals surface area contributed by atoms with E-state index < -0.39 is 0 Å². The summed E-state index contributed by atoms with van der Waals surface area (Å²) in [5, 5.41) is 4.90. The number of pyridine rings is 1. The Morgan fingerprint density at radius 1 is 1.00 bits per heavy atom. The lowest BCUT2D eigenvalue weighted by Gasteiger charge is -2.29. The zero-order valence-electron chi connectivity index (χ0n) is 17.2. The van der Waals surface area contributed by atoms with Crippen molar-refractivity contribution < 1.29 is 0 Å². The largest absolute Gasteiger partial charge is 0.351 e. The molecule has 1 aliphatic rings. The summed E-state index contributed by atoms with van der Waals surface area (Å²) in [5.74, 6) is 0. The molecule has 160 valence electrons. The molecule has 4 nitrogen and oxygen atoms in total. The number of nitrogens with one attached hydrogen (secondary N) is 1. The highest BCUT2D eigenvalue weighted by atomic mass is 79.9. The van der Waals surface area contributed by atoms with Crippen LogP contribution in [0.5, 0.6) is 0 Å². The molecule has 4 aromatic rings. The number of rotatable bonds is 4. The van der Waals surface area contributed by atoms with E-state index in [2.05, 4.69) is 85.2 Å². The molecule has 2 aromatic heterocycles. The molecule has 1 fully saturated rings. The Bertz CT molecular complexity index is 1290.